The van der Waals surface area contributed by atoms with Crippen LogP contribution in [0.4, 0.5) is 11.5 Å². The normalized spacial score (nSPS) is 12.4. The molecule has 1 atom stereocenters. The number of anilines is 2. The maximum Gasteiger partial charge on any atom is 0.248 e. The molecule has 3 rings (SSSR count). The number of benzene rings is 2. The smallest absolute Gasteiger partial charge is 0.248 e. The lowest BCUT2D eigenvalue weighted by atomic mass is 10.1. The predicted molar refractivity (Wildman–Crippen MR) is 116 cm³/mol. The van der Waals surface area contributed by atoms with Crippen molar-refractivity contribution in [3.05, 3.63) is 72.6 Å². The molecule has 0 aliphatic rings. The molecule has 150 valence electrons. The van der Waals surface area contributed by atoms with E-state index in [1.807, 2.05) is 61.5 Å². The minimum Gasteiger partial charge on any atom is -0.394 e. The van der Waals surface area contributed by atoms with E-state index in [1.54, 1.807) is 12.1 Å². The zero-order valence-electron chi connectivity index (χ0n) is 16.5. The summed E-state index contributed by atoms with van der Waals surface area (Å²) < 4.78 is 0. The maximum absolute atomic E-state index is 12.1. The van der Waals surface area contributed by atoms with E-state index < -0.39 is 0 Å². The second-order valence-electron chi connectivity index (χ2n) is 6.90. The second kappa shape index (κ2) is 9.77. The Morgan fingerprint density at radius 3 is 2.69 bits per heavy atom. The summed E-state index contributed by atoms with van der Waals surface area (Å²) in [5, 5.41) is 16.7. The summed E-state index contributed by atoms with van der Waals surface area (Å²) in [5.41, 5.74) is 2.35. The Kier molecular flexibility index (Phi) is 6.89. The summed E-state index contributed by atoms with van der Waals surface area (Å²) in [6, 6.07) is 14.8. The predicted octanol–water partition coefficient (Wildman–Crippen LogP) is 2.83. The standard InChI is InChI=1S/C22H25N5O2/c1-27(2)12-6-9-21(29)25-17-10-11-19-18(13-17)22(24-15-23-19)26-20(14-28)16-7-4-3-5-8-16/h3-11,13,15,20,28H,12,14H2,1-2H3,(H,25,29)(H,23,24,26)/b9-6+/t20-/m1/s1. The fourth-order valence-electron chi connectivity index (χ4n) is 2.89. The number of carbonyl (C=O) groups is 1. The first kappa shape index (κ1) is 20.4. The van der Waals surface area contributed by atoms with Gasteiger partial charge in [-0.3, -0.25) is 4.79 Å². The van der Waals surface area contributed by atoms with Gasteiger partial charge in [-0.25, -0.2) is 9.97 Å². The molecule has 1 aromatic heterocycles. The first-order chi connectivity index (χ1) is 14.1. The molecule has 0 aliphatic carbocycles. The van der Waals surface area contributed by atoms with E-state index in [1.165, 1.54) is 12.4 Å². The van der Waals surface area contributed by atoms with Gasteiger partial charge in [-0.15, -0.1) is 0 Å². The van der Waals surface area contributed by atoms with Gasteiger partial charge in [-0.2, -0.15) is 0 Å². The Hall–Kier alpha value is -3.29. The lowest BCUT2D eigenvalue weighted by molar-refractivity contribution is -0.111. The molecule has 0 bridgehead atoms. The highest BCUT2D eigenvalue weighted by atomic mass is 16.3. The molecular formula is C22H25N5O2. The molecule has 7 nitrogen and oxygen atoms in total. The van der Waals surface area contributed by atoms with Crippen LogP contribution < -0.4 is 10.6 Å². The Morgan fingerprint density at radius 2 is 1.97 bits per heavy atom. The highest BCUT2D eigenvalue weighted by Crippen LogP contribution is 2.26. The lowest BCUT2D eigenvalue weighted by Gasteiger charge is -2.18. The largest absolute Gasteiger partial charge is 0.394 e. The number of rotatable bonds is 8. The number of nitrogens with one attached hydrogen (secondary N) is 2. The third kappa shape index (κ3) is 5.60. The maximum atomic E-state index is 12.1. The van der Waals surface area contributed by atoms with Crippen LogP contribution >= 0.6 is 0 Å². The van der Waals surface area contributed by atoms with Crippen LogP contribution in [0.1, 0.15) is 11.6 Å². The van der Waals surface area contributed by atoms with Crippen LogP contribution in [0.5, 0.6) is 0 Å². The van der Waals surface area contributed by atoms with Crippen LogP contribution in [-0.2, 0) is 4.79 Å². The molecule has 0 fully saturated rings. The molecule has 0 spiro atoms. The zero-order valence-corrected chi connectivity index (χ0v) is 16.5. The van der Waals surface area contributed by atoms with Crippen LogP contribution in [0, 0.1) is 0 Å². The van der Waals surface area contributed by atoms with Crippen LogP contribution in [0.2, 0.25) is 0 Å². The van der Waals surface area contributed by atoms with Gasteiger partial charge in [0.1, 0.15) is 12.1 Å². The minimum absolute atomic E-state index is 0.0807. The zero-order chi connectivity index (χ0) is 20.6. The highest BCUT2D eigenvalue weighted by molar-refractivity contribution is 6.01. The molecule has 29 heavy (non-hydrogen) atoms. The summed E-state index contributed by atoms with van der Waals surface area (Å²) in [4.78, 5) is 22.7. The van der Waals surface area contributed by atoms with Gasteiger partial charge in [0.15, 0.2) is 0 Å². The molecular weight excluding hydrogens is 366 g/mol. The molecule has 3 N–H and O–H groups in total. The third-order valence-corrected chi connectivity index (χ3v) is 4.34. The number of amides is 1. The number of nitrogens with zero attached hydrogens (tertiary/aromatic N) is 3. The quantitative estimate of drug-likeness (QED) is 0.512. The number of hydrogen-bond acceptors (Lipinski definition) is 6. The fraction of sp³-hybridized carbons (Fsp3) is 0.227. The molecule has 7 heteroatoms. The second-order valence-corrected chi connectivity index (χ2v) is 6.90. The first-order valence-electron chi connectivity index (χ1n) is 9.36. The van der Waals surface area contributed by atoms with E-state index >= 15 is 0 Å². The third-order valence-electron chi connectivity index (χ3n) is 4.34. The van der Waals surface area contributed by atoms with E-state index in [0.29, 0.717) is 18.1 Å². The van der Waals surface area contributed by atoms with Crippen molar-refractivity contribution in [2.24, 2.45) is 0 Å². The van der Waals surface area contributed by atoms with Gasteiger partial charge < -0.3 is 20.6 Å². The van der Waals surface area contributed by atoms with Crippen LogP contribution in [0.15, 0.2) is 67.0 Å². The minimum atomic E-state index is -0.304. The molecule has 0 saturated carbocycles. The highest BCUT2D eigenvalue weighted by Gasteiger charge is 2.13. The molecule has 2 aromatic carbocycles. The van der Waals surface area contributed by atoms with E-state index in [4.69, 9.17) is 0 Å². The number of aliphatic hydroxyl groups is 1. The van der Waals surface area contributed by atoms with E-state index in [-0.39, 0.29) is 18.6 Å². The molecule has 1 heterocycles. The average molecular weight is 391 g/mol. The van der Waals surface area contributed by atoms with E-state index in [9.17, 15) is 9.90 Å². The average Bonchev–Trinajstić information content (AvgIpc) is 2.72. The number of aromatic nitrogens is 2. The van der Waals surface area contributed by atoms with Gasteiger partial charge >= 0.3 is 0 Å². The number of carbonyl (C=O) groups excluding carboxylic acids is 1. The molecule has 0 aliphatic heterocycles. The van der Waals surface area contributed by atoms with Gasteiger partial charge in [0.2, 0.25) is 5.91 Å². The van der Waals surface area contributed by atoms with Gasteiger partial charge in [-0.05, 0) is 37.9 Å². The summed E-state index contributed by atoms with van der Waals surface area (Å²) in [7, 11) is 3.88. The molecule has 3 aromatic rings. The topological polar surface area (TPSA) is 90.4 Å². The summed E-state index contributed by atoms with van der Waals surface area (Å²) in [5.74, 6) is 0.396. The van der Waals surface area contributed by atoms with Crippen molar-refractivity contribution in [2.75, 3.05) is 37.9 Å². The van der Waals surface area contributed by atoms with Crippen LogP contribution in [0.25, 0.3) is 10.9 Å². The van der Waals surface area contributed by atoms with Crippen molar-refractivity contribution in [2.45, 2.75) is 6.04 Å². The Bertz CT molecular complexity index is 989. The summed E-state index contributed by atoms with van der Waals surface area (Å²) >= 11 is 0. The Balaban J connectivity index is 1.82. The van der Waals surface area contributed by atoms with Gasteiger partial charge in [0, 0.05) is 23.7 Å². The monoisotopic (exact) mass is 391 g/mol. The van der Waals surface area contributed by atoms with Gasteiger partial charge in [0.25, 0.3) is 0 Å². The summed E-state index contributed by atoms with van der Waals surface area (Å²) in [6.07, 6.45) is 4.80. The Morgan fingerprint density at radius 1 is 1.17 bits per heavy atom. The fourth-order valence-corrected chi connectivity index (χ4v) is 2.89. The van der Waals surface area contributed by atoms with Gasteiger partial charge in [-0.1, -0.05) is 36.4 Å². The van der Waals surface area contributed by atoms with Crippen LogP contribution in [0.3, 0.4) is 0 Å². The SMILES string of the molecule is CN(C)C/C=C/C(=O)Nc1ccc2ncnc(N[C@H](CO)c3ccccc3)c2c1. The number of fused-ring (bicyclic) bond motifs is 1. The summed E-state index contributed by atoms with van der Waals surface area (Å²) in [6.45, 7) is 0.609. The lowest BCUT2D eigenvalue weighted by Crippen LogP contribution is -2.16. The molecule has 0 radical (unpaired) electrons. The van der Waals surface area contributed by atoms with Gasteiger partial charge in [0.05, 0.1) is 18.2 Å². The van der Waals surface area contributed by atoms with Crippen molar-refractivity contribution < 1.29 is 9.90 Å². The molecule has 1 amide bonds. The molecule has 0 saturated heterocycles. The number of hydrogen-bond donors (Lipinski definition) is 3. The van der Waals surface area contributed by atoms with E-state index in [2.05, 4.69) is 20.6 Å². The van der Waals surface area contributed by atoms with Crippen LogP contribution in [-0.4, -0.2) is 53.1 Å². The van der Waals surface area contributed by atoms with Crippen molar-refractivity contribution in [3.63, 3.8) is 0 Å². The van der Waals surface area contributed by atoms with Crippen molar-refractivity contribution in [1.29, 1.82) is 0 Å². The van der Waals surface area contributed by atoms with Crippen molar-refractivity contribution >= 4 is 28.3 Å². The first-order valence-corrected chi connectivity index (χ1v) is 9.36. The number of aliphatic hydroxyl groups excluding tert-OH is 1. The Labute approximate surface area is 170 Å². The van der Waals surface area contributed by atoms with E-state index in [0.717, 1.165) is 16.5 Å². The van der Waals surface area contributed by atoms with Crippen molar-refractivity contribution in [3.8, 4) is 0 Å². The molecule has 0 unspecified atom stereocenters. The van der Waals surface area contributed by atoms with Crippen molar-refractivity contribution in [1.82, 2.24) is 14.9 Å². The number of likely N-dealkylation sites (N-methyl/N-ethyl adjacent to an activating group) is 1.